The van der Waals surface area contributed by atoms with Gasteiger partial charge in [-0.2, -0.15) is 0 Å². The molecule has 0 aromatic heterocycles. The first-order chi connectivity index (χ1) is 33.4. The maximum absolute atomic E-state index is 12.7. The third kappa shape index (κ3) is 54.1. The van der Waals surface area contributed by atoms with Crippen molar-refractivity contribution in [3.05, 3.63) is 109 Å². The van der Waals surface area contributed by atoms with E-state index in [2.05, 4.69) is 123 Å². The van der Waals surface area contributed by atoms with Gasteiger partial charge < -0.3 is 20.1 Å². The van der Waals surface area contributed by atoms with Crippen LogP contribution in [0.4, 0.5) is 0 Å². The van der Waals surface area contributed by atoms with Gasteiger partial charge in [0.05, 0.1) is 19.8 Å². The summed E-state index contributed by atoms with van der Waals surface area (Å²) in [5.74, 6) is -0.345. The highest BCUT2D eigenvalue weighted by molar-refractivity contribution is 7.47. The summed E-state index contributed by atoms with van der Waals surface area (Å²) in [6, 6.07) is 0. The van der Waals surface area contributed by atoms with E-state index >= 15 is 0 Å². The van der Waals surface area contributed by atoms with Crippen molar-refractivity contribution in [3.8, 4) is 0 Å². The van der Waals surface area contributed by atoms with Gasteiger partial charge in [0.25, 0.3) is 0 Å². The standard InChI is InChI=1S/C59H102NO7P/c1-3-5-7-9-11-13-15-17-19-21-23-25-27-28-29-31-33-35-37-39-41-43-45-47-49-51-54-64-56-58(57-66-68(62,63)65-55-53-60)67-59(61)52-50-48-46-44-42-40-38-36-34-32-30-26-24-22-20-18-16-14-12-10-8-6-4-2/h5,7,11,13,16-19,22-25,28-29,33,35,39,41,58H,3-4,6,8-10,12,14-15,20-21,26-27,30-32,34,36-38,40,42-57,60H2,1-2H3,(H,62,63)/b7-5-,13-11-,18-16-,19-17-,24-22-,25-23-,29-28-,35-33-,41-39-. The van der Waals surface area contributed by atoms with Crippen LogP contribution in [0.3, 0.4) is 0 Å². The number of allylic oxidation sites excluding steroid dienone is 18. The molecule has 0 aliphatic rings. The summed E-state index contributed by atoms with van der Waals surface area (Å²) in [7, 11) is -4.30. The van der Waals surface area contributed by atoms with Crippen LogP contribution in [-0.2, 0) is 27.9 Å². The lowest BCUT2D eigenvalue weighted by Gasteiger charge is -2.20. The second kappa shape index (κ2) is 55.1. The zero-order chi connectivity index (χ0) is 49.4. The third-order valence-electron chi connectivity index (χ3n) is 11.2. The molecule has 0 aliphatic carbocycles. The molecule has 0 rings (SSSR count). The predicted molar refractivity (Wildman–Crippen MR) is 293 cm³/mol. The predicted octanol–water partition coefficient (Wildman–Crippen LogP) is 17.5. The topological polar surface area (TPSA) is 117 Å². The summed E-state index contributed by atoms with van der Waals surface area (Å²) in [5.41, 5.74) is 5.40. The monoisotopic (exact) mass is 968 g/mol. The summed E-state index contributed by atoms with van der Waals surface area (Å²) in [6.45, 7) is 4.73. The number of carbonyl (C=O) groups excluding carboxylic acids is 1. The summed E-state index contributed by atoms with van der Waals surface area (Å²) < 4.78 is 33.6. The van der Waals surface area contributed by atoms with Crippen LogP contribution in [0.25, 0.3) is 0 Å². The SMILES string of the molecule is CC/C=C\C/C=C\C/C=C\C/C=C\C/C=C\C/C=C\C/C=C\CCCCCCOCC(COP(=O)(O)OCCN)OC(=O)CCCCCCCCCCCCC/C=C\C/C=C\CCCCCCC. The molecule has 0 spiro atoms. The van der Waals surface area contributed by atoms with Gasteiger partial charge in [0, 0.05) is 19.6 Å². The lowest BCUT2D eigenvalue weighted by Crippen LogP contribution is -2.28. The van der Waals surface area contributed by atoms with Crippen LogP contribution in [-0.4, -0.2) is 49.9 Å². The molecule has 0 bridgehead atoms. The first-order valence-corrected chi connectivity index (χ1v) is 28.9. The Kier molecular flexibility index (Phi) is 52.8. The summed E-state index contributed by atoms with van der Waals surface area (Å²) >= 11 is 0. The Hall–Kier alpha value is -2.84. The molecule has 0 amide bonds. The minimum Gasteiger partial charge on any atom is -0.457 e. The van der Waals surface area contributed by atoms with E-state index in [1.807, 2.05) is 0 Å². The fourth-order valence-electron chi connectivity index (χ4n) is 7.18. The molecule has 0 heterocycles. The number of rotatable bonds is 51. The number of nitrogens with two attached hydrogens (primary N) is 1. The molecule has 0 aromatic carbocycles. The van der Waals surface area contributed by atoms with Gasteiger partial charge in [-0.05, 0) is 103 Å². The smallest absolute Gasteiger partial charge is 0.457 e. The van der Waals surface area contributed by atoms with Crippen LogP contribution in [0.5, 0.6) is 0 Å². The minimum atomic E-state index is -4.30. The molecule has 0 saturated heterocycles. The lowest BCUT2D eigenvalue weighted by molar-refractivity contribution is -0.154. The Labute approximate surface area is 418 Å². The fourth-order valence-corrected chi connectivity index (χ4v) is 7.95. The van der Waals surface area contributed by atoms with Crippen molar-refractivity contribution in [2.24, 2.45) is 5.73 Å². The molecule has 0 fully saturated rings. The molecule has 9 heteroatoms. The number of unbranched alkanes of at least 4 members (excludes halogenated alkanes) is 20. The Morgan fingerprint density at radius 1 is 0.456 bits per heavy atom. The van der Waals surface area contributed by atoms with Crippen molar-refractivity contribution in [1.29, 1.82) is 0 Å². The molecule has 3 N–H and O–H groups in total. The van der Waals surface area contributed by atoms with Gasteiger partial charge in [-0.15, -0.1) is 0 Å². The van der Waals surface area contributed by atoms with Crippen molar-refractivity contribution >= 4 is 13.8 Å². The average molecular weight is 968 g/mol. The van der Waals surface area contributed by atoms with Crippen molar-refractivity contribution in [2.75, 3.05) is 33.0 Å². The van der Waals surface area contributed by atoms with Crippen molar-refractivity contribution in [2.45, 2.75) is 225 Å². The number of phosphoric acid groups is 1. The zero-order valence-electron chi connectivity index (χ0n) is 43.6. The van der Waals surface area contributed by atoms with Gasteiger partial charge in [-0.25, -0.2) is 4.57 Å². The fraction of sp³-hybridized carbons (Fsp3) is 0.678. The number of phosphoric ester groups is 1. The highest BCUT2D eigenvalue weighted by Crippen LogP contribution is 2.43. The molecular weight excluding hydrogens is 866 g/mol. The van der Waals surface area contributed by atoms with E-state index < -0.39 is 13.9 Å². The number of carbonyl (C=O) groups is 1. The van der Waals surface area contributed by atoms with E-state index in [1.54, 1.807) is 0 Å². The van der Waals surface area contributed by atoms with Crippen LogP contribution in [0.2, 0.25) is 0 Å². The quantitative estimate of drug-likeness (QED) is 0.0268. The zero-order valence-corrected chi connectivity index (χ0v) is 44.4. The highest BCUT2D eigenvalue weighted by atomic mass is 31.2. The second-order valence-electron chi connectivity index (χ2n) is 17.7. The van der Waals surface area contributed by atoms with Crippen LogP contribution in [0, 0.1) is 0 Å². The Bertz CT molecular complexity index is 1410. The van der Waals surface area contributed by atoms with Crippen LogP contribution in [0.15, 0.2) is 109 Å². The molecular formula is C59H102NO7P. The van der Waals surface area contributed by atoms with E-state index in [-0.39, 0.29) is 32.3 Å². The summed E-state index contributed by atoms with van der Waals surface area (Å²) in [4.78, 5) is 22.6. The first kappa shape index (κ1) is 65.2. The van der Waals surface area contributed by atoms with E-state index in [9.17, 15) is 14.3 Å². The number of hydrogen-bond donors (Lipinski definition) is 2. The molecule has 0 aliphatic heterocycles. The van der Waals surface area contributed by atoms with Gasteiger partial charge in [0.2, 0.25) is 0 Å². The highest BCUT2D eigenvalue weighted by Gasteiger charge is 2.25. The lowest BCUT2D eigenvalue weighted by atomic mass is 10.0. The van der Waals surface area contributed by atoms with Gasteiger partial charge in [0.15, 0.2) is 0 Å². The van der Waals surface area contributed by atoms with E-state index in [0.29, 0.717) is 13.0 Å². The summed E-state index contributed by atoms with van der Waals surface area (Å²) in [5, 5.41) is 0. The Morgan fingerprint density at radius 2 is 0.824 bits per heavy atom. The van der Waals surface area contributed by atoms with Gasteiger partial charge in [0.1, 0.15) is 6.10 Å². The molecule has 8 nitrogen and oxygen atoms in total. The normalized spacial score (nSPS) is 14.1. The van der Waals surface area contributed by atoms with Crippen molar-refractivity contribution < 1.29 is 32.8 Å². The molecule has 0 saturated carbocycles. The number of hydrogen-bond acceptors (Lipinski definition) is 7. The number of ether oxygens (including phenoxy) is 2. The van der Waals surface area contributed by atoms with E-state index in [0.717, 1.165) is 103 Å². The first-order valence-electron chi connectivity index (χ1n) is 27.4. The van der Waals surface area contributed by atoms with Gasteiger partial charge in [-0.1, -0.05) is 220 Å². The molecule has 0 aromatic rings. The average Bonchev–Trinajstić information content (AvgIpc) is 3.33. The third-order valence-corrected chi connectivity index (χ3v) is 12.2. The van der Waals surface area contributed by atoms with Crippen LogP contribution in [0.1, 0.15) is 219 Å². The van der Waals surface area contributed by atoms with Crippen molar-refractivity contribution in [1.82, 2.24) is 0 Å². The Balaban J connectivity index is 4.02. The molecule has 68 heavy (non-hydrogen) atoms. The number of esters is 1. The maximum Gasteiger partial charge on any atom is 0.472 e. The summed E-state index contributed by atoms with van der Waals surface area (Å²) in [6.07, 6.45) is 75.6. The largest absolute Gasteiger partial charge is 0.472 e. The molecule has 0 radical (unpaired) electrons. The molecule has 2 unspecified atom stereocenters. The Morgan fingerprint density at radius 3 is 1.24 bits per heavy atom. The molecule has 2 atom stereocenters. The minimum absolute atomic E-state index is 0.0896. The van der Waals surface area contributed by atoms with Gasteiger partial charge >= 0.3 is 13.8 Å². The van der Waals surface area contributed by atoms with Crippen LogP contribution >= 0.6 is 7.82 Å². The van der Waals surface area contributed by atoms with Gasteiger partial charge in [-0.3, -0.25) is 13.8 Å². The second-order valence-corrected chi connectivity index (χ2v) is 19.2. The van der Waals surface area contributed by atoms with E-state index in [1.165, 1.54) is 96.3 Å². The maximum atomic E-state index is 12.7. The van der Waals surface area contributed by atoms with Crippen LogP contribution < -0.4 is 5.73 Å². The molecule has 390 valence electrons. The van der Waals surface area contributed by atoms with E-state index in [4.69, 9.17) is 24.3 Å². The van der Waals surface area contributed by atoms with Crippen molar-refractivity contribution in [3.63, 3.8) is 0 Å².